The first-order valence-electron chi connectivity index (χ1n) is 8.37. The number of aromatic hydroxyl groups is 1. The molecule has 2 aromatic rings. The van der Waals surface area contributed by atoms with E-state index in [2.05, 4.69) is 4.99 Å². The summed E-state index contributed by atoms with van der Waals surface area (Å²) in [6, 6.07) is 12.0. The van der Waals surface area contributed by atoms with Crippen molar-refractivity contribution in [3.63, 3.8) is 0 Å². The molecule has 0 spiro atoms. The van der Waals surface area contributed by atoms with Gasteiger partial charge in [-0.2, -0.15) is 0 Å². The third-order valence-corrected chi connectivity index (χ3v) is 5.01. The monoisotopic (exact) mass is 384 g/mol. The van der Waals surface area contributed by atoms with Crippen molar-refractivity contribution in [3.05, 3.63) is 52.9 Å². The van der Waals surface area contributed by atoms with Crippen molar-refractivity contribution in [2.45, 2.75) is 6.92 Å². The molecule has 0 saturated carbocycles. The van der Waals surface area contributed by atoms with E-state index < -0.39 is 0 Å². The molecule has 1 N–H and O–H groups in total. The van der Waals surface area contributed by atoms with Gasteiger partial charge in [-0.25, -0.2) is 4.99 Å². The second-order valence-electron chi connectivity index (χ2n) is 5.68. The molecular weight excluding hydrogens is 364 g/mol. The summed E-state index contributed by atoms with van der Waals surface area (Å²) >= 11 is 1.31. The molecule has 2 aromatic carbocycles. The smallest absolute Gasteiger partial charge is 0.266 e. The molecule has 27 heavy (non-hydrogen) atoms. The van der Waals surface area contributed by atoms with Crippen molar-refractivity contribution in [3.8, 4) is 17.2 Å². The predicted octanol–water partition coefficient (Wildman–Crippen LogP) is 4.03. The second-order valence-corrected chi connectivity index (χ2v) is 6.69. The van der Waals surface area contributed by atoms with Gasteiger partial charge in [0.15, 0.2) is 5.17 Å². The van der Waals surface area contributed by atoms with E-state index in [0.29, 0.717) is 33.8 Å². The van der Waals surface area contributed by atoms with Gasteiger partial charge in [0.1, 0.15) is 17.2 Å². The number of methoxy groups -OCH3 is 2. The van der Waals surface area contributed by atoms with Gasteiger partial charge in [0.25, 0.3) is 5.91 Å². The highest BCUT2D eigenvalue weighted by Crippen LogP contribution is 2.36. The summed E-state index contributed by atoms with van der Waals surface area (Å²) in [4.78, 5) is 19.5. The van der Waals surface area contributed by atoms with E-state index in [1.807, 2.05) is 19.1 Å². The molecule has 1 fully saturated rings. The number of rotatable bonds is 5. The minimum Gasteiger partial charge on any atom is -0.508 e. The van der Waals surface area contributed by atoms with Crippen molar-refractivity contribution in [2.75, 3.05) is 20.8 Å². The summed E-state index contributed by atoms with van der Waals surface area (Å²) in [6.07, 6.45) is 1.80. The normalized spacial score (nSPS) is 17.0. The molecule has 0 unspecified atom stereocenters. The van der Waals surface area contributed by atoms with Gasteiger partial charge in [0.05, 0.1) is 24.8 Å². The molecule has 140 valence electrons. The van der Waals surface area contributed by atoms with Gasteiger partial charge < -0.3 is 14.6 Å². The zero-order valence-corrected chi connectivity index (χ0v) is 16.1. The van der Waals surface area contributed by atoms with Gasteiger partial charge in [0, 0.05) is 18.2 Å². The van der Waals surface area contributed by atoms with Crippen molar-refractivity contribution in [1.29, 1.82) is 0 Å². The number of hydrogen-bond donors (Lipinski definition) is 1. The van der Waals surface area contributed by atoms with Crippen molar-refractivity contribution in [1.82, 2.24) is 4.90 Å². The first-order valence-corrected chi connectivity index (χ1v) is 9.18. The number of likely N-dealkylation sites (N-methyl/N-ethyl adjacent to an activating group) is 1. The topological polar surface area (TPSA) is 71.4 Å². The lowest BCUT2D eigenvalue weighted by atomic mass is 10.1. The van der Waals surface area contributed by atoms with Gasteiger partial charge in [-0.15, -0.1) is 0 Å². The van der Waals surface area contributed by atoms with E-state index in [1.54, 1.807) is 55.5 Å². The molecule has 0 atom stereocenters. The SMILES string of the molecule is CCN1C(=O)/C(=C/c2ccc(OC)cc2OC)SC1=Nc1ccc(O)cc1. The standard InChI is InChI=1S/C20H20N2O4S/c1-4-22-19(24)18(11-13-5-10-16(25-2)12-17(13)26-3)27-20(22)21-14-6-8-15(23)9-7-14/h5-12,23H,4H2,1-3H3/b18-11-,21-20?. The Morgan fingerprint density at radius 1 is 1.15 bits per heavy atom. The highest BCUT2D eigenvalue weighted by atomic mass is 32.2. The van der Waals surface area contributed by atoms with Crippen molar-refractivity contribution in [2.24, 2.45) is 4.99 Å². The molecular formula is C20H20N2O4S. The first kappa shape index (κ1) is 18.8. The Hall–Kier alpha value is -2.93. The van der Waals surface area contributed by atoms with Gasteiger partial charge >= 0.3 is 0 Å². The molecule has 0 aliphatic carbocycles. The largest absolute Gasteiger partial charge is 0.508 e. The summed E-state index contributed by atoms with van der Waals surface area (Å²) in [5.74, 6) is 1.39. The molecule has 6 nitrogen and oxygen atoms in total. The number of aliphatic imine (C=N–C) groups is 1. The number of phenols is 1. The molecule has 0 bridgehead atoms. The molecule has 7 heteroatoms. The van der Waals surface area contributed by atoms with Crippen LogP contribution in [-0.2, 0) is 4.79 Å². The Morgan fingerprint density at radius 3 is 2.52 bits per heavy atom. The van der Waals surface area contributed by atoms with Crippen LogP contribution in [0.5, 0.6) is 17.2 Å². The number of ether oxygens (including phenoxy) is 2. The van der Waals surface area contributed by atoms with E-state index >= 15 is 0 Å². The Labute approximate surface area is 162 Å². The van der Waals surface area contributed by atoms with Gasteiger partial charge in [-0.3, -0.25) is 9.69 Å². The minimum absolute atomic E-state index is 0.0992. The van der Waals surface area contributed by atoms with E-state index in [1.165, 1.54) is 11.8 Å². The van der Waals surface area contributed by atoms with Crippen molar-refractivity contribution >= 4 is 34.6 Å². The van der Waals surface area contributed by atoms with Crippen LogP contribution in [0.15, 0.2) is 52.4 Å². The fourth-order valence-corrected chi connectivity index (χ4v) is 3.64. The number of thioether (sulfide) groups is 1. The third kappa shape index (κ3) is 4.09. The van der Waals surface area contributed by atoms with E-state index in [-0.39, 0.29) is 11.7 Å². The van der Waals surface area contributed by atoms with Crippen LogP contribution in [0.1, 0.15) is 12.5 Å². The molecule has 1 amide bonds. The van der Waals surface area contributed by atoms with E-state index in [0.717, 1.165) is 5.56 Å². The first-order chi connectivity index (χ1) is 13.0. The Kier molecular flexibility index (Phi) is 5.71. The molecule has 1 aliphatic rings. The molecule has 1 aliphatic heterocycles. The minimum atomic E-state index is -0.0992. The molecule has 0 radical (unpaired) electrons. The maximum absolute atomic E-state index is 12.8. The molecule has 1 heterocycles. The summed E-state index contributed by atoms with van der Waals surface area (Å²) in [7, 11) is 3.17. The summed E-state index contributed by atoms with van der Waals surface area (Å²) in [5.41, 5.74) is 1.46. The second kappa shape index (κ2) is 8.18. The fraction of sp³-hybridized carbons (Fsp3) is 0.200. The maximum atomic E-state index is 12.8. The van der Waals surface area contributed by atoms with Gasteiger partial charge in [0.2, 0.25) is 0 Å². The van der Waals surface area contributed by atoms with Gasteiger partial charge in [-0.1, -0.05) is 0 Å². The third-order valence-electron chi connectivity index (χ3n) is 4.01. The zero-order valence-electron chi connectivity index (χ0n) is 15.3. The average Bonchev–Trinajstić information content (AvgIpc) is 2.98. The number of nitrogens with zero attached hydrogens (tertiary/aromatic N) is 2. The fourth-order valence-electron chi connectivity index (χ4n) is 2.59. The van der Waals surface area contributed by atoms with Crippen LogP contribution in [0.25, 0.3) is 6.08 Å². The lowest BCUT2D eigenvalue weighted by molar-refractivity contribution is -0.122. The van der Waals surface area contributed by atoms with Crippen LogP contribution in [0, 0.1) is 0 Å². The summed E-state index contributed by atoms with van der Waals surface area (Å²) < 4.78 is 10.6. The molecule has 1 saturated heterocycles. The number of phenolic OH excluding ortho intramolecular Hbond substituents is 1. The summed E-state index contributed by atoms with van der Waals surface area (Å²) in [5, 5.41) is 10.0. The Bertz CT molecular complexity index is 907. The predicted molar refractivity (Wildman–Crippen MR) is 108 cm³/mol. The number of hydrogen-bond acceptors (Lipinski definition) is 6. The Balaban J connectivity index is 1.94. The molecule has 0 aromatic heterocycles. The summed E-state index contributed by atoms with van der Waals surface area (Å²) in [6.45, 7) is 2.42. The van der Waals surface area contributed by atoms with Crippen LogP contribution < -0.4 is 9.47 Å². The number of carbonyl (C=O) groups excluding carboxylic acids is 1. The van der Waals surface area contributed by atoms with E-state index in [9.17, 15) is 9.90 Å². The number of amides is 1. The lowest BCUT2D eigenvalue weighted by Crippen LogP contribution is -2.28. The average molecular weight is 384 g/mol. The number of amidine groups is 1. The van der Waals surface area contributed by atoms with Crippen LogP contribution in [0.4, 0.5) is 5.69 Å². The zero-order chi connectivity index (χ0) is 19.4. The van der Waals surface area contributed by atoms with Crippen LogP contribution >= 0.6 is 11.8 Å². The highest BCUT2D eigenvalue weighted by Gasteiger charge is 2.32. The van der Waals surface area contributed by atoms with Crippen LogP contribution in [-0.4, -0.2) is 41.8 Å². The lowest BCUT2D eigenvalue weighted by Gasteiger charge is -2.12. The number of benzene rings is 2. The Morgan fingerprint density at radius 2 is 1.89 bits per heavy atom. The molecule has 3 rings (SSSR count). The maximum Gasteiger partial charge on any atom is 0.266 e. The quantitative estimate of drug-likeness (QED) is 0.788. The van der Waals surface area contributed by atoms with Gasteiger partial charge in [-0.05, 0) is 61.2 Å². The van der Waals surface area contributed by atoms with Crippen LogP contribution in [0.2, 0.25) is 0 Å². The number of carbonyl (C=O) groups is 1. The van der Waals surface area contributed by atoms with Crippen molar-refractivity contribution < 1.29 is 19.4 Å². The highest BCUT2D eigenvalue weighted by molar-refractivity contribution is 8.18. The van der Waals surface area contributed by atoms with E-state index in [4.69, 9.17) is 9.47 Å². The van der Waals surface area contributed by atoms with Crippen LogP contribution in [0.3, 0.4) is 0 Å².